The second-order valence-corrected chi connectivity index (χ2v) is 7.28. The molecule has 1 unspecified atom stereocenters. The number of nitrogens with zero attached hydrogens (tertiary/aromatic N) is 5. The molecule has 4 heterocycles. The fourth-order valence-corrected chi connectivity index (χ4v) is 3.49. The van der Waals surface area contributed by atoms with Crippen LogP contribution in [0.3, 0.4) is 0 Å². The van der Waals surface area contributed by atoms with Crippen LogP contribution in [0, 0.1) is 0 Å². The van der Waals surface area contributed by atoms with Crippen LogP contribution in [0.2, 0.25) is 0 Å². The van der Waals surface area contributed by atoms with E-state index in [1.807, 2.05) is 0 Å². The normalized spacial score (nSPS) is 17.7. The molecule has 0 saturated carbocycles. The van der Waals surface area contributed by atoms with Crippen molar-refractivity contribution in [2.45, 2.75) is 25.2 Å². The summed E-state index contributed by atoms with van der Waals surface area (Å²) >= 11 is 0. The van der Waals surface area contributed by atoms with Crippen molar-refractivity contribution in [1.82, 2.24) is 24.6 Å². The van der Waals surface area contributed by atoms with Crippen LogP contribution in [-0.2, 0) is 17.7 Å². The maximum Gasteiger partial charge on any atom is 0.408 e. The summed E-state index contributed by atoms with van der Waals surface area (Å²) in [6.07, 6.45) is -2.13. The number of carbonyl (C=O) groups excluding carboxylic acids is 1. The Morgan fingerprint density at radius 3 is 2.87 bits per heavy atom. The summed E-state index contributed by atoms with van der Waals surface area (Å²) in [7, 11) is 0. The minimum absolute atomic E-state index is 0.0192. The number of hydrogen-bond donors (Lipinski definition) is 1. The third-order valence-corrected chi connectivity index (χ3v) is 4.87. The van der Waals surface area contributed by atoms with Crippen LogP contribution < -0.4 is 0 Å². The quantitative estimate of drug-likeness (QED) is 0.672. The van der Waals surface area contributed by atoms with Gasteiger partial charge in [-0.1, -0.05) is 6.07 Å². The number of rotatable bonds is 4. The van der Waals surface area contributed by atoms with E-state index in [2.05, 4.69) is 15.1 Å². The third kappa shape index (κ3) is 5.00. The molecule has 4 rings (SSSR count). The Morgan fingerprint density at radius 2 is 2.13 bits per heavy atom. The second kappa shape index (κ2) is 8.60. The van der Waals surface area contributed by atoms with Crippen LogP contribution in [0.15, 0.2) is 36.7 Å². The lowest BCUT2D eigenvalue weighted by Crippen LogP contribution is -2.38. The lowest BCUT2D eigenvalue weighted by atomic mass is 10.1. The Balaban J connectivity index is 1.71. The summed E-state index contributed by atoms with van der Waals surface area (Å²) in [5.41, 5.74) is 1.19. The average Bonchev–Trinajstić information content (AvgIpc) is 2.90. The number of amides is 1. The average molecular weight is 435 g/mol. The molecule has 1 fully saturated rings. The van der Waals surface area contributed by atoms with E-state index >= 15 is 0 Å². The number of aliphatic hydroxyl groups is 1. The van der Waals surface area contributed by atoms with Crippen LogP contribution >= 0.6 is 0 Å². The van der Waals surface area contributed by atoms with Gasteiger partial charge in [0.2, 0.25) is 0 Å². The third-order valence-electron chi connectivity index (χ3n) is 4.87. The van der Waals surface area contributed by atoms with Gasteiger partial charge in [-0.3, -0.25) is 19.4 Å². The van der Waals surface area contributed by atoms with Gasteiger partial charge in [-0.15, -0.1) is 0 Å². The molecule has 1 N–H and O–H groups in total. The molecular formula is C20H20F3N5O3. The Bertz CT molecular complexity index is 1070. The highest BCUT2D eigenvalue weighted by Crippen LogP contribution is 2.25. The fourth-order valence-electron chi connectivity index (χ4n) is 3.49. The van der Waals surface area contributed by atoms with Gasteiger partial charge in [0.05, 0.1) is 30.5 Å². The molecule has 0 radical (unpaired) electrons. The van der Waals surface area contributed by atoms with Gasteiger partial charge in [-0.25, -0.2) is 0 Å². The number of alkyl halides is 3. The van der Waals surface area contributed by atoms with Crippen molar-refractivity contribution in [3.05, 3.63) is 53.7 Å². The minimum atomic E-state index is -4.49. The molecule has 1 aliphatic rings. The first-order valence-electron chi connectivity index (χ1n) is 9.67. The SMILES string of the molecule is O=C(c1cc2c(cn1)c(Cc1ccccn1)nn2CC(F)(F)F)N1CCOCC(O)C1. The van der Waals surface area contributed by atoms with Gasteiger partial charge in [0.15, 0.2) is 0 Å². The van der Waals surface area contributed by atoms with E-state index in [-0.39, 0.29) is 43.9 Å². The lowest BCUT2D eigenvalue weighted by Gasteiger charge is -2.20. The van der Waals surface area contributed by atoms with E-state index in [0.717, 1.165) is 4.68 Å². The first-order valence-corrected chi connectivity index (χ1v) is 9.67. The number of pyridine rings is 2. The van der Waals surface area contributed by atoms with Crippen LogP contribution in [0.25, 0.3) is 10.9 Å². The van der Waals surface area contributed by atoms with Gasteiger partial charge in [-0.2, -0.15) is 18.3 Å². The predicted molar refractivity (Wildman–Crippen MR) is 103 cm³/mol. The van der Waals surface area contributed by atoms with E-state index in [9.17, 15) is 23.1 Å². The highest BCUT2D eigenvalue weighted by molar-refractivity contribution is 5.96. The highest BCUT2D eigenvalue weighted by Gasteiger charge is 2.31. The number of β-amino-alcohol motifs (C(OH)–C–C–N with tert-alkyl or cyclic N) is 1. The molecule has 1 saturated heterocycles. The molecule has 0 spiro atoms. The van der Waals surface area contributed by atoms with Gasteiger partial charge in [0.1, 0.15) is 12.2 Å². The summed E-state index contributed by atoms with van der Waals surface area (Å²) in [6.45, 7) is -0.607. The highest BCUT2D eigenvalue weighted by atomic mass is 19.4. The first kappa shape index (κ1) is 21.2. The van der Waals surface area contributed by atoms with Crippen LogP contribution in [-0.4, -0.2) is 74.2 Å². The zero-order valence-corrected chi connectivity index (χ0v) is 16.4. The summed E-state index contributed by atoms with van der Waals surface area (Å²) in [5.74, 6) is -0.488. The van der Waals surface area contributed by atoms with Crippen molar-refractivity contribution in [3.8, 4) is 0 Å². The monoisotopic (exact) mass is 435 g/mol. The Hall–Kier alpha value is -3.05. The largest absolute Gasteiger partial charge is 0.408 e. The summed E-state index contributed by atoms with van der Waals surface area (Å²) in [4.78, 5) is 22.6. The van der Waals surface area contributed by atoms with Gasteiger partial charge in [0.25, 0.3) is 5.91 Å². The molecule has 1 atom stereocenters. The van der Waals surface area contributed by atoms with E-state index in [4.69, 9.17) is 4.74 Å². The van der Waals surface area contributed by atoms with Crippen molar-refractivity contribution in [1.29, 1.82) is 0 Å². The molecule has 3 aromatic rings. The van der Waals surface area contributed by atoms with Crippen molar-refractivity contribution < 1.29 is 27.8 Å². The molecule has 0 aliphatic carbocycles. The summed E-state index contributed by atoms with van der Waals surface area (Å²) in [5, 5.41) is 14.4. The van der Waals surface area contributed by atoms with Crippen molar-refractivity contribution in [2.75, 3.05) is 26.3 Å². The van der Waals surface area contributed by atoms with Gasteiger partial charge in [-0.05, 0) is 18.2 Å². The molecule has 1 amide bonds. The number of aromatic nitrogens is 4. The lowest BCUT2D eigenvalue weighted by molar-refractivity contribution is -0.141. The topological polar surface area (TPSA) is 93.4 Å². The predicted octanol–water partition coefficient (Wildman–Crippen LogP) is 1.81. The molecule has 31 heavy (non-hydrogen) atoms. The van der Waals surface area contributed by atoms with Crippen LogP contribution in [0.1, 0.15) is 21.9 Å². The number of aliphatic hydroxyl groups excluding tert-OH is 1. The maximum absolute atomic E-state index is 13.1. The van der Waals surface area contributed by atoms with E-state index in [1.54, 1.807) is 24.4 Å². The number of carbonyl (C=O) groups is 1. The molecule has 1 aliphatic heterocycles. The molecule has 11 heteroatoms. The number of ether oxygens (including phenoxy) is 1. The Labute approximate surface area is 175 Å². The number of halogens is 3. The smallest absolute Gasteiger partial charge is 0.389 e. The zero-order valence-electron chi connectivity index (χ0n) is 16.4. The minimum Gasteiger partial charge on any atom is -0.389 e. The maximum atomic E-state index is 13.1. The van der Waals surface area contributed by atoms with Crippen LogP contribution in [0.4, 0.5) is 13.2 Å². The van der Waals surface area contributed by atoms with Crippen LogP contribution in [0.5, 0.6) is 0 Å². The molecule has 0 bridgehead atoms. The molecule has 0 aromatic carbocycles. The molecule has 3 aromatic heterocycles. The fraction of sp³-hybridized carbons (Fsp3) is 0.400. The molecule has 164 valence electrons. The van der Waals surface area contributed by atoms with Crippen molar-refractivity contribution in [2.24, 2.45) is 0 Å². The van der Waals surface area contributed by atoms with Gasteiger partial charge >= 0.3 is 6.18 Å². The van der Waals surface area contributed by atoms with Crippen molar-refractivity contribution >= 4 is 16.8 Å². The van der Waals surface area contributed by atoms with Crippen molar-refractivity contribution in [3.63, 3.8) is 0 Å². The standard InChI is InChI=1S/C20H20F3N5O3/c21-20(22,23)12-28-18-8-17(19(30)27-5-6-31-11-14(29)10-27)25-9-15(18)16(26-28)7-13-3-1-2-4-24-13/h1-4,8-9,14,29H,5-7,10-12H2. The Kier molecular flexibility index (Phi) is 5.88. The number of fused-ring (bicyclic) bond motifs is 1. The molecule has 8 nitrogen and oxygen atoms in total. The van der Waals surface area contributed by atoms with E-state index in [1.165, 1.54) is 17.2 Å². The summed E-state index contributed by atoms with van der Waals surface area (Å²) < 4.78 is 45.5. The van der Waals surface area contributed by atoms with E-state index in [0.29, 0.717) is 16.8 Å². The molecular weight excluding hydrogens is 415 g/mol. The van der Waals surface area contributed by atoms with Gasteiger partial charge in [0, 0.05) is 43.0 Å². The zero-order chi connectivity index (χ0) is 22.0. The van der Waals surface area contributed by atoms with E-state index < -0.39 is 24.7 Å². The number of hydrogen-bond acceptors (Lipinski definition) is 6. The first-order chi connectivity index (χ1) is 14.8. The second-order valence-electron chi connectivity index (χ2n) is 7.28. The summed E-state index contributed by atoms with van der Waals surface area (Å²) in [6, 6.07) is 6.60. The van der Waals surface area contributed by atoms with Gasteiger partial charge < -0.3 is 14.7 Å². The Morgan fingerprint density at radius 1 is 1.29 bits per heavy atom.